The lowest BCUT2D eigenvalue weighted by molar-refractivity contribution is -0.113. The zero-order chi connectivity index (χ0) is 20.8. The largest absolute Gasteiger partial charge is 0.457 e. The van der Waals surface area contributed by atoms with Crippen LogP contribution in [0, 0.1) is 6.92 Å². The Bertz CT molecular complexity index is 1130. The quantitative estimate of drug-likeness (QED) is 0.425. The van der Waals surface area contributed by atoms with E-state index in [4.69, 9.17) is 4.74 Å². The number of nitrogens with zero attached hydrogens (tertiary/aromatic N) is 3. The fourth-order valence-electron chi connectivity index (χ4n) is 2.88. The minimum atomic E-state index is -0.115. The second-order valence-electron chi connectivity index (χ2n) is 6.55. The summed E-state index contributed by atoms with van der Waals surface area (Å²) in [6, 6.07) is 24.8. The number of para-hydroxylation sites is 2. The second kappa shape index (κ2) is 9.28. The lowest BCUT2D eigenvalue weighted by Gasteiger charge is -2.10. The molecule has 0 unspecified atom stereocenters. The van der Waals surface area contributed by atoms with Crippen molar-refractivity contribution in [1.29, 1.82) is 0 Å². The Morgan fingerprint density at radius 1 is 0.967 bits per heavy atom. The predicted molar refractivity (Wildman–Crippen MR) is 118 cm³/mol. The van der Waals surface area contributed by atoms with Gasteiger partial charge in [-0.25, -0.2) is 0 Å². The van der Waals surface area contributed by atoms with Crippen LogP contribution in [-0.4, -0.2) is 26.4 Å². The van der Waals surface area contributed by atoms with Crippen LogP contribution in [-0.2, 0) is 4.79 Å². The maximum absolute atomic E-state index is 12.4. The van der Waals surface area contributed by atoms with Gasteiger partial charge in [-0.05, 0) is 55.0 Å². The number of aryl methyl sites for hydroxylation is 1. The minimum Gasteiger partial charge on any atom is -0.457 e. The van der Waals surface area contributed by atoms with Crippen LogP contribution in [0.15, 0.2) is 90.3 Å². The van der Waals surface area contributed by atoms with Gasteiger partial charge < -0.3 is 10.1 Å². The van der Waals surface area contributed by atoms with Gasteiger partial charge in [0.15, 0.2) is 5.16 Å². The van der Waals surface area contributed by atoms with Crippen LogP contribution in [0.2, 0.25) is 0 Å². The molecule has 30 heavy (non-hydrogen) atoms. The Balaban J connectivity index is 1.34. The molecule has 0 aliphatic carbocycles. The Morgan fingerprint density at radius 3 is 2.43 bits per heavy atom. The SMILES string of the molecule is Cc1ccccc1-n1cnnc1SCC(=O)Nc1ccc(Oc2ccccc2)cc1. The molecule has 4 aromatic rings. The van der Waals surface area contributed by atoms with Gasteiger partial charge in [0.05, 0.1) is 11.4 Å². The summed E-state index contributed by atoms with van der Waals surface area (Å²) >= 11 is 1.34. The van der Waals surface area contributed by atoms with E-state index >= 15 is 0 Å². The molecular weight excluding hydrogens is 396 g/mol. The van der Waals surface area contributed by atoms with E-state index in [1.807, 2.05) is 90.4 Å². The number of aromatic nitrogens is 3. The molecule has 0 radical (unpaired) electrons. The maximum Gasteiger partial charge on any atom is 0.234 e. The number of rotatable bonds is 7. The highest BCUT2D eigenvalue weighted by molar-refractivity contribution is 7.99. The molecule has 0 spiro atoms. The van der Waals surface area contributed by atoms with Crippen LogP contribution in [0.25, 0.3) is 5.69 Å². The number of amides is 1. The fraction of sp³-hybridized carbons (Fsp3) is 0.0870. The summed E-state index contributed by atoms with van der Waals surface area (Å²) in [6.45, 7) is 2.03. The van der Waals surface area contributed by atoms with Gasteiger partial charge in [0.1, 0.15) is 17.8 Å². The first-order chi connectivity index (χ1) is 14.7. The van der Waals surface area contributed by atoms with Crippen molar-refractivity contribution in [1.82, 2.24) is 14.8 Å². The van der Waals surface area contributed by atoms with Crippen molar-refractivity contribution in [2.24, 2.45) is 0 Å². The van der Waals surface area contributed by atoms with E-state index in [1.165, 1.54) is 11.8 Å². The molecule has 0 aliphatic rings. The molecule has 1 amide bonds. The van der Waals surface area contributed by atoms with Crippen molar-refractivity contribution >= 4 is 23.4 Å². The molecule has 6 nitrogen and oxygen atoms in total. The van der Waals surface area contributed by atoms with E-state index < -0.39 is 0 Å². The molecule has 0 aliphatic heterocycles. The Hall–Kier alpha value is -3.58. The van der Waals surface area contributed by atoms with Crippen molar-refractivity contribution in [3.63, 3.8) is 0 Å². The van der Waals surface area contributed by atoms with E-state index in [1.54, 1.807) is 6.33 Å². The Kier molecular flexibility index (Phi) is 6.10. The van der Waals surface area contributed by atoms with Gasteiger partial charge in [0.2, 0.25) is 5.91 Å². The number of anilines is 1. The maximum atomic E-state index is 12.4. The van der Waals surface area contributed by atoms with Crippen molar-refractivity contribution in [3.8, 4) is 17.2 Å². The number of thioether (sulfide) groups is 1. The molecule has 0 bridgehead atoms. The number of carbonyl (C=O) groups is 1. The van der Waals surface area contributed by atoms with Crippen molar-refractivity contribution in [3.05, 3.63) is 90.8 Å². The zero-order valence-electron chi connectivity index (χ0n) is 16.4. The summed E-state index contributed by atoms with van der Waals surface area (Å²) < 4.78 is 7.66. The van der Waals surface area contributed by atoms with Crippen molar-refractivity contribution < 1.29 is 9.53 Å². The van der Waals surface area contributed by atoms with Crippen LogP contribution in [0.3, 0.4) is 0 Å². The first-order valence-electron chi connectivity index (χ1n) is 9.41. The number of hydrogen-bond donors (Lipinski definition) is 1. The molecule has 0 saturated carbocycles. The Labute approximate surface area is 178 Å². The zero-order valence-corrected chi connectivity index (χ0v) is 17.2. The third-order valence-corrected chi connectivity index (χ3v) is 5.28. The summed E-state index contributed by atoms with van der Waals surface area (Å²) in [7, 11) is 0. The van der Waals surface area contributed by atoms with Gasteiger partial charge in [-0.1, -0.05) is 48.2 Å². The molecular formula is C23H20N4O2S. The highest BCUT2D eigenvalue weighted by Crippen LogP contribution is 2.24. The Morgan fingerprint density at radius 2 is 1.67 bits per heavy atom. The number of carbonyl (C=O) groups excluding carboxylic acids is 1. The number of hydrogen-bond acceptors (Lipinski definition) is 5. The molecule has 0 saturated heterocycles. The van der Waals surface area contributed by atoms with Gasteiger partial charge >= 0.3 is 0 Å². The van der Waals surface area contributed by atoms with Gasteiger partial charge in [0, 0.05) is 5.69 Å². The van der Waals surface area contributed by atoms with Crippen LogP contribution in [0.5, 0.6) is 11.5 Å². The molecule has 0 fully saturated rings. The van der Waals surface area contributed by atoms with Gasteiger partial charge in [-0.2, -0.15) is 0 Å². The van der Waals surface area contributed by atoms with Crippen LogP contribution >= 0.6 is 11.8 Å². The van der Waals surface area contributed by atoms with Gasteiger partial charge in [-0.3, -0.25) is 9.36 Å². The van der Waals surface area contributed by atoms with E-state index in [0.29, 0.717) is 16.6 Å². The van der Waals surface area contributed by atoms with Crippen LogP contribution < -0.4 is 10.1 Å². The average molecular weight is 417 g/mol. The van der Waals surface area contributed by atoms with E-state index in [9.17, 15) is 4.79 Å². The highest BCUT2D eigenvalue weighted by Gasteiger charge is 2.11. The highest BCUT2D eigenvalue weighted by atomic mass is 32.2. The first kappa shape index (κ1) is 19.7. The normalized spacial score (nSPS) is 10.6. The summed E-state index contributed by atoms with van der Waals surface area (Å²) in [5.74, 6) is 1.59. The molecule has 4 rings (SSSR count). The predicted octanol–water partition coefficient (Wildman–Crippen LogP) is 5.10. The third-order valence-electron chi connectivity index (χ3n) is 4.34. The van der Waals surface area contributed by atoms with E-state index in [2.05, 4.69) is 15.5 Å². The van der Waals surface area contributed by atoms with E-state index in [0.717, 1.165) is 17.0 Å². The van der Waals surface area contributed by atoms with Crippen LogP contribution in [0.1, 0.15) is 5.56 Å². The smallest absolute Gasteiger partial charge is 0.234 e. The standard InChI is InChI=1S/C23H20N4O2S/c1-17-7-5-6-10-21(17)27-16-24-26-23(27)30-15-22(28)25-18-11-13-20(14-12-18)29-19-8-3-2-4-9-19/h2-14,16H,15H2,1H3,(H,25,28). The molecule has 1 heterocycles. The average Bonchev–Trinajstić information content (AvgIpc) is 3.23. The van der Waals surface area contributed by atoms with Crippen molar-refractivity contribution in [2.75, 3.05) is 11.1 Å². The molecule has 1 aromatic heterocycles. The first-order valence-corrected chi connectivity index (χ1v) is 10.4. The molecule has 1 N–H and O–H groups in total. The minimum absolute atomic E-state index is 0.115. The third kappa shape index (κ3) is 4.87. The monoisotopic (exact) mass is 416 g/mol. The number of benzene rings is 3. The molecule has 3 aromatic carbocycles. The fourth-order valence-corrected chi connectivity index (χ4v) is 3.60. The lowest BCUT2D eigenvalue weighted by Crippen LogP contribution is -2.14. The van der Waals surface area contributed by atoms with Crippen molar-refractivity contribution in [2.45, 2.75) is 12.1 Å². The number of nitrogens with one attached hydrogen (secondary N) is 1. The summed E-state index contributed by atoms with van der Waals surface area (Å²) in [5, 5.41) is 11.7. The number of ether oxygens (including phenoxy) is 1. The second-order valence-corrected chi connectivity index (χ2v) is 7.49. The summed E-state index contributed by atoms with van der Waals surface area (Å²) in [4.78, 5) is 12.4. The van der Waals surface area contributed by atoms with Gasteiger partial charge in [0.25, 0.3) is 0 Å². The molecule has 7 heteroatoms. The summed E-state index contributed by atoms with van der Waals surface area (Å²) in [5.41, 5.74) is 2.82. The lowest BCUT2D eigenvalue weighted by atomic mass is 10.2. The van der Waals surface area contributed by atoms with Crippen LogP contribution in [0.4, 0.5) is 5.69 Å². The topological polar surface area (TPSA) is 69.0 Å². The molecule has 150 valence electrons. The molecule has 0 atom stereocenters. The summed E-state index contributed by atoms with van der Waals surface area (Å²) in [6.07, 6.45) is 1.66. The van der Waals surface area contributed by atoms with Gasteiger partial charge in [-0.15, -0.1) is 10.2 Å². The van der Waals surface area contributed by atoms with E-state index in [-0.39, 0.29) is 11.7 Å².